The third-order valence-corrected chi connectivity index (χ3v) is 2.01. The summed E-state index contributed by atoms with van der Waals surface area (Å²) < 4.78 is 39.3. The number of aryl methyl sites for hydroxylation is 1. The Labute approximate surface area is 85.3 Å². The van der Waals surface area contributed by atoms with Crippen molar-refractivity contribution in [2.75, 3.05) is 0 Å². The number of rotatable bonds is 2. The summed E-state index contributed by atoms with van der Waals surface area (Å²) >= 11 is 3.91. The average Bonchev–Trinajstić information content (AvgIpc) is 2.06. The fourth-order valence-corrected chi connectivity index (χ4v) is 1.28. The summed E-state index contributed by atoms with van der Waals surface area (Å²) in [6, 6.07) is 4.42. The van der Waals surface area contributed by atoms with Crippen LogP contribution in [0.25, 0.3) is 0 Å². The Morgan fingerprint density at radius 1 is 1.36 bits per heavy atom. The van der Waals surface area contributed by atoms with Crippen molar-refractivity contribution < 1.29 is 17.9 Å². The normalized spacial score (nSPS) is 11.5. The van der Waals surface area contributed by atoms with Gasteiger partial charge in [-0.2, -0.15) is 0 Å². The first-order valence-electron chi connectivity index (χ1n) is 4.00. The number of hydrogen-bond acceptors (Lipinski definition) is 2. The molecule has 0 spiro atoms. The number of hydrogen-bond donors (Lipinski definition) is 1. The molecule has 0 radical (unpaired) electrons. The zero-order valence-electron chi connectivity index (χ0n) is 7.43. The molecule has 1 rings (SSSR count). The van der Waals surface area contributed by atoms with Crippen molar-refractivity contribution in [1.29, 1.82) is 0 Å². The van der Waals surface area contributed by atoms with Gasteiger partial charge in [-0.25, -0.2) is 0 Å². The van der Waals surface area contributed by atoms with Crippen molar-refractivity contribution >= 4 is 12.6 Å². The van der Waals surface area contributed by atoms with E-state index in [9.17, 15) is 13.2 Å². The number of ether oxygens (including phenoxy) is 1. The minimum Gasteiger partial charge on any atom is -0.405 e. The zero-order valence-corrected chi connectivity index (χ0v) is 8.32. The molecule has 14 heavy (non-hydrogen) atoms. The molecule has 0 aromatic heterocycles. The maximum absolute atomic E-state index is 11.8. The van der Waals surface area contributed by atoms with Gasteiger partial charge in [0.25, 0.3) is 0 Å². The summed E-state index contributed by atoms with van der Waals surface area (Å²) in [4.78, 5) is 0.196. The van der Waals surface area contributed by atoms with Crippen molar-refractivity contribution in [3.8, 4) is 5.75 Å². The lowest BCUT2D eigenvalue weighted by Crippen LogP contribution is -2.17. The molecule has 0 atom stereocenters. The van der Waals surface area contributed by atoms with Gasteiger partial charge in [-0.15, -0.1) is 25.8 Å². The van der Waals surface area contributed by atoms with Crippen molar-refractivity contribution in [3.05, 3.63) is 23.8 Å². The average molecular weight is 222 g/mol. The molecule has 0 saturated heterocycles. The summed E-state index contributed by atoms with van der Waals surface area (Å²) in [5.41, 5.74) is 0.921. The molecule has 5 heteroatoms. The van der Waals surface area contributed by atoms with Crippen molar-refractivity contribution in [2.45, 2.75) is 24.6 Å². The van der Waals surface area contributed by atoms with Crippen molar-refractivity contribution in [1.82, 2.24) is 0 Å². The molecule has 0 amide bonds. The van der Waals surface area contributed by atoms with Crippen LogP contribution in [0.15, 0.2) is 23.1 Å². The van der Waals surface area contributed by atoms with Crippen LogP contribution in [0.2, 0.25) is 0 Å². The van der Waals surface area contributed by atoms with Gasteiger partial charge in [0.05, 0.1) is 0 Å². The molecule has 0 aliphatic rings. The van der Waals surface area contributed by atoms with Crippen LogP contribution in [0.4, 0.5) is 13.2 Å². The van der Waals surface area contributed by atoms with Gasteiger partial charge >= 0.3 is 6.36 Å². The van der Waals surface area contributed by atoms with E-state index in [0.29, 0.717) is 0 Å². The minimum absolute atomic E-state index is 0.196. The van der Waals surface area contributed by atoms with Gasteiger partial charge in [0.1, 0.15) is 5.75 Å². The monoisotopic (exact) mass is 222 g/mol. The summed E-state index contributed by atoms with van der Waals surface area (Å²) in [7, 11) is 0. The van der Waals surface area contributed by atoms with E-state index < -0.39 is 6.36 Å². The maximum Gasteiger partial charge on any atom is 0.573 e. The Morgan fingerprint density at radius 2 is 2.00 bits per heavy atom. The van der Waals surface area contributed by atoms with Crippen molar-refractivity contribution in [2.24, 2.45) is 0 Å². The standard InChI is InChI=1S/C9H9F3OS/c1-2-6-3-4-7(8(14)5-6)13-9(10,11)12/h3-5,14H,2H2,1H3. The quantitative estimate of drug-likeness (QED) is 0.754. The fourth-order valence-electron chi connectivity index (χ4n) is 0.994. The van der Waals surface area contributed by atoms with Crippen LogP contribution in [0.3, 0.4) is 0 Å². The first-order chi connectivity index (χ1) is 6.42. The molecule has 0 fully saturated rings. The first-order valence-corrected chi connectivity index (χ1v) is 4.44. The van der Waals surface area contributed by atoms with Gasteiger partial charge in [0, 0.05) is 4.90 Å². The molecule has 78 valence electrons. The third-order valence-electron chi connectivity index (χ3n) is 1.66. The Balaban J connectivity index is 2.89. The second kappa shape index (κ2) is 4.13. The van der Waals surface area contributed by atoms with Gasteiger partial charge in [0.2, 0.25) is 0 Å². The molecule has 1 aromatic rings. The molecular formula is C9H9F3OS. The Kier molecular flexibility index (Phi) is 3.31. The van der Waals surface area contributed by atoms with Crippen LogP contribution in [0.1, 0.15) is 12.5 Å². The number of halogens is 3. The van der Waals surface area contributed by atoms with Gasteiger partial charge in [-0.05, 0) is 24.1 Å². The summed E-state index contributed by atoms with van der Waals surface area (Å²) in [5, 5.41) is 0. The predicted octanol–water partition coefficient (Wildman–Crippen LogP) is 3.44. The highest BCUT2D eigenvalue weighted by molar-refractivity contribution is 7.80. The van der Waals surface area contributed by atoms with Gasteiger partial charge < -0.3 is 4.74 Å². The molecule has 0 bridgehead atoms. The third kappa shape index (κ3) is 3.14. The Hall–Kier alpha value is -0.840. The van der Waals surface area contributed by atoms with E-state index in [4.69, 9.17) is 0 Å². The summed E-state index contributed by atoms with van der Waals surface area (Å²) in [5.74, 6) is -0.266. The smallest absolute Gasteiger partial charge is 0.405 e. The van der Waals surface area contributed by atoms with Crippen LogP contribution in [-0.2, 0) is 6.42 Å². The van der Waals surface area contributed by atoms with Crippen LogP contribution in [0.5, 0.6) is 5.75 Å². The van der Waals surface area contributed by atoms with Crippen LogP contribution in [0, 0.1) is 0 Å². The highest BCUT2D eigenvalue weighted by Crippen LogP contribution is 2.29. The number of thiol groups is 1. The highest BCUT2D eigenvalue weighted by atomic mass is 32.1. The summed E-state index contributed by atoms with van der Waals surface area (Å²) in [6.45, 7) is 1.91. The van der Waals surface area contributed by atoms with E-state index in [1.807, 2.05) is 6.92 Å². The van der Waals surface area contributed by atoms with Crippen molar-refractivity contribution in [3.63, 3.8) is 0 Å². The lowest BCUT2D eigenvalue weighted by Gasteiger charge is -2.11. The second-order valence-electron chi connectivity index (χ2n) is 2.70. The molecule has 0 aliphatic heterocycles. The molecule has 0 aliphatic carbocycles. The van der Waals surface area contributed by atoms with E-state index in [2.05, 4.69) is 17.4 Å². The van der Waals surface area contributed by atoms with E-state index >= 15 is 0 Å². The lowest BCUT2D eigenvalue weighted by atomic mass is 10.2. The molecule has 0 unspecified atom stereocenters. The minimum atomic E-state index is -4.66. The topological polar surface area (TPSA) is 9.23 Å². The lowest BCUT2D eigenvalue weighted by molar-refractivity contribution is -0.275. The first kappa shape index (κ1) is 11.2. The van der Waals surface area contributed by atoms with E-state index in [-0.39, 0.29) is 10.6 Å². The predicted molar refractivity (Wildman–Crippen MR) is 49.8 cm³/mol. The molecule has 0 N–H and O–H groups in total. The molecule has 0 saturated carbocycles. The van der Waals surface area contributed by atoms with E-state index in [0.717, 1.165) is 12.0 Å². The molecule has 1 nitrogen and oxygen atoms in total. The maximum atomic E-state index is 11.8. The largest absolute Gasteiger partial charge is 0.573 e. The Morgan fingerprint density at radius 3 is 2.43 bits per heavy atom. The van der Waals surface area contributed by atoms with E-state index in [1.54, 1.807) is 12.1 Å². The molecular weight excluding hydrogens is 213 g/mol. The van der Waals surface area contributed by atoms with Crippen LogP contribution in [-0.4, -0.2) is 6.36 Å². The fraction of sp³-hybridized carbons (Fsp3) is 0.333. The second-order valence-corrected chi connectivity index (χ2v) is 3.19. The number of alkyl halides is 3. The zero-order chi connectivity index (χ0) is 10.8. The van der Waals surface area contributed by atoms with E-state index in [1.165, 1.54) is 6.07 Å². The van der Waals surface area contributed by atoms with Gasteiger partial charge in [-0.3, -0.25) is 0 Å². The molecule has 1 aromatic carbocycles. The SMILES string of the molecule is CCc1ccc(OC(F)(F)F)c(S)c1. The number of benzene rings is 1. The van der Waals surface area contributed by atoms with Crippen LogP contribution < -0.4 is 4.74 Å². The Bertz CT molecular complexity index is 322. The van der Waals surface area contributed by atoms with Crippen LogP contribution >= 0.6 is 12.6 Å². The highest BCUT2D eigenvalue weighted by Gasteiger charge is 2.31. The van der Waals surface area contributed by atoms with Gasteiger partial charge in [0.15, 0.2) is 0 Å². The summed E-state index contributed by atoms with van der Waals surface area (Å²) in [6.07, 6.45) is -3.91. The molecule has 0 heterocycles. The van der Waals surface area contributed by atoms with Gasteiger partial charge in [-0.1, -0.05) is 13.0 Å².